The average Bonchev–Trinajstić information content (AvgIpc) is 2.74. The van der Waals surface area contributed by atoms with Crippen molar-refractivity contribution < 1.29 is 13.9 Å². The van der Waals surface area contributed by atoms with Gasteiger partial charge in [-0.25, -0.2) is 9.82 Å². The van der Waals surface area contributed by atoms with Crippen LogP contribution in [0.25, 0.3) is 0 Å². The smallest absolute Gasteiger partial charge is 0.274 e. The highest BCUT2D eigenvalue weighted by atomic mass is 127. The van der Waals surface area contributed by atoms with Crippen molar-refractivity contribution in [2.24, 2.45) is 5.10 Å². The zero-order chi connectivity index (χ0) is 22.4. The van der Waals surface area contributed by atoms with Crippen molar-refractivity contribution in [3.63, 3.8) is 0 Å². The van der Waals surface area contributed by atoms with E-state index in [0.29, 0.717) is 6.61 Å². The lowest BCUT2D eigenvalue weighted by Crippen LogP contribution is -2.19. The van der Waals surface area contributed by atoms with Gasteiger partial charge in [-0.05, 0) is 121 Å². The van der Waals surface area contributed by atoms with Crippen LogP contribution in [0.4, 0.5) is 4.39 Å². The number of carbonyl (C=O) groups is 1. The van der Waals surface area contributed by atoms with Gasteiger partial charge < -0.3 is 4.74 Å². The topological polar surface area (TPSA) is 74.5 Å². The first-order chi connectivity index (χ1) is 14.9. The van der Waals surface area contributed by atoms with Gasteiger partial charge in [0.05, 0.1) is 30.6 Å². The highest BCUT2D eigenvalue weighted by Gasteiger charge is 2.12. The zero-order valence-electron chi connectivity index (χ0n) is 15.7. The lowest BCUT2D eigenvalue weighted by Gasteiger charge is -2.11. The Bertz CT molecular complexity index is 1170. The van der Waals surface area contributed by atoms with Crippen LogP contribution in [0.5, 0.6) is 5.75 Å². The largest absolute Gasteiger partial charge is 0.487 e. The summed E-state index contributed by atoms with van der Waals surface area (Å²) in [5.74, 6) is -0.689. The fourth-order valence-electron chi connectivity index (χ4n) is 2.52. The molecule has 0 aromatic heterocycles. The maximum Gasteiger partial charge on any atom is 0.274 e. The van der Waals surface area contributed by atoms with Crippen molar-refractivity contribution in [1.82, 2.24) is 5.43 Å². The molecule has 0 heterocycles. The monoisotopic (exact) mass is 751 g/mol. The lowest BCUT2D eigenvalue weighted by molar-refractivity contribution is 0.0951. The summed E-state index contributed by atoms with van der Waals surface area (Å²) in [5.41, 5.74) is 4.10. The van der Waals surface area contributed by atoms with Crippen molar-refractivity contribution in [3.8, 4) is 11.8 Å². The second-order valence-corrected chi connectivity index (χ2v) is 9.80. The second-order valence-electron chi connectivity index (χ2n) is 6.23. The molecule has 3 aromatic rings. The van der Waals surface area contributed by atoms with Crippen LogP contribution in [-0.4, -0.2) is 12.1 Å². The van der Waals surface area contributed by atoms with Crippen LogP contribution in [0.15, 0.2) is 59.7 Å². The number of ether oxygens (including phenoxy) is 1. The summed E-state index contributed by atoms with van der Waals surface area (Å²) in [6.07, 6.45) is 1.48. The molecule has 0 bridgehead atoms. The molecule has 31 heavy (non-hydrogen) atoms. The molecular formula is C22H13FI3N3O2. The number of nitriles is 1. The Morgan fingerprint density at radius 2 is 1.77 bits per heavy atom. The van der Waals surface area contributed by atoms with Crippen LogP contribution in [-0.2, 0) is 6.61 Å². The van der Waals surface area contributed by atoms with Crippen LogP contribution in [0.3, 0.4) is 0 Å². The Labute approximate surface area is 219 Å². The number of hydrogen-bond donors (Lipinski definition) is 1. The van der Waals surface area contributed by atoms with Crippen molar-refractivity contribution in [3.05, 3.63) is 93.4 Å². The number of rotatable bonds is 6. The fourth-order valence-corrected chi connectivity index (χ4v) is 5.01. The number of amides is 1. The van der Waals surface area contributed by atoms with Crippen LogP contribution in [0.2, 0.25) is 0 Å². The van der Waals surface area contributed by atoms with Crippen LogP contribution >= 0.6 is 67.8 Å². The van der Waals surface area contributed by atoms with Gasteiger partial charge >= 0.3 is 0 Å². The molecule has 3 rings (SSSR count). The number of nitrogens with zero attached hydrogens (tertiary/aromatic N) is 2. The molecule has 0 radical (unpaired) electrons. The predicted molar refractivity (Wildman–Crippen MR) is 142 cm³/mol. The Morgan fingerprint density at radius 1 is 1.10 bits per heavy atom. The predicted octanol–water partition coefficient (Wildman–Crippen LogP) is 5.85. The Balaban J connectivity index is 1.65. The third-order valence-corrected chi connectivity index (χ3v) is 6.36. The third kappa shape index (κ3) is 6.59. The molecule has 0 spiro atoms. The van der Waals surface area contributed by atoms with E-state index in [4.69, 9.17) is 10.00 Å². The average molecular weight is 751 g/mol. The molecule has 156 valence electrons. The first kappa shape index (κ1) is 23.9. The highest BCUT2D eigenvalue weighted by Crippen LogP contribution is 2.29. The van der Waals surface area contributed by atoms with Crippen molar-refractivity contribution >= 4 is 79.9 Å². The molecule has 1 amide bonds. The molecule has 9 heteroatoms. The summed E-state index contributed by atoms with van der Waals surface area (Å²) in [5, 5.41) is 12.7. The first-order valence-electron chi connectivity index (χ1n) is 8.76. The highest BCUT2D eigenvalue weighted by molar-refractivity contribution is 14.1. The molecule has 3 aromatic carbocycles. The Hall–Kier alpha value is -1.79. The molecule has 0 saturated carbocycles. The Morgan fingerprint density at radius 3 is 2.39 bits per heavy atom. The molecule has 0 unspecified atom stereocenters. The molecule has 0 aliphatic carbocycles. The first-order valence-corrected chi connectivity index (χ1v) is 12.0. The maximum atomic E-state index is 13.9. The van der Waals surface area contributed by atoms with Gasteiger partial charge in [0.25, 0.3) is 5.91 Å². The summed E-state index contributed by atoms with van der Waals surface area (Å²) in [4.78, 5) is 12.1. The molecule has 1 N–H and O–H groups in total. The van der Waals surface area contributed by atoms with E-state index < -0.39 is 11.7 Å². The van der Waals surface area contributed by atoms with E-state index in [2.05, 4.69) is 78.3 Å². The number of carbonyl (C=O) groups excluding carboxylic acids is 1. The van der Waals surface area contributed by atoms with E-state index in [9.17, 15) is 9.18 Å². The minimum absolute atomic E-state index is 0.144. The van der Waals surface area contributed by atoms with Crippen molar-refractivity contribution in [2.45, 2.75) is 6.61 Å². The van der Waals surface area contributed by atoms with Crippen LogP contribution in [0, 0.1) is 27.9 Å². The fraction of sp³-hybridized carbons (Fsp3) is 0.0455. The summed E-state index contributed by atoms with van der Waals surface area (Å²) < 4.78 is 22.9. The van der Waals surface area contributed by atoms with Gasteiger partial charge in [0.2, 0.25) is 0 Å². The molecule has 0 aliphatic heterocycles. The van der Waals surface area contributed by atoms with Gasteiger partial charge in [-0.15, -0.1) is 0 Å². The van der Waals surface area contributed by atoms with Gasteiger partial charge in [-0.3, -0.25) is 4.79 Å². The molecule has 0 atom stereocenters. The minimum Gasteiger partial charge on any atom is -0.487 e. The van der Waals surface area contributed by atoms with Gasteiger partial charge in [-0.2, -0.15) is 10.4 Å². The minimum atomic E-state index is -0.773. The van der Waals surface area contributed by atoms with Gasteiger partial charge in [0.1, 0.15) is 18.2 Å². The van der Waals surface area contributed by atoms with Gasteiger partial charge in [-0.1, -0.05) is 12.1 Å². The number of hydrazone groups is 1. The lowest BCUT2D eigenvalue weighted by atomic mass is 10.1. The van der Waals surface area contributed by atoms with E-state index in [1.54, 1.807) is 0 Å². The summed E-state index contributed by atoms with van der Waals surface area (Å²) in [7, 11) is 0. The van der Waals surface area contributed by atoms with Gasteiger partial charge in [0, 0.05) is 3.57 Å². The molecule has 0 saturated heterocycles. The van der Waals surface area contributed by atoms with E-state index in [-0.39, 0.29) is 11.1 Å². The summed E-state index contributed by atoms with van der Waals surface area (Å²) in [6.45, 7) is 0.461. The van der Waals surface area contributed by atoms with Crippen LogP contribution < -0.4 is 10.2 Å². The summed E-state index contributed by atoms with van der Waals surface area (Å²) in [6, 6.07) is 17.3. The number of benzene rings is 3. The molecule has 5 nitrogen and oxygen atoms in total. The van der Waals surface area contributed by atoms with Crippen LogP contribution in [0.1, 0.15) is 27.0 Å². The van der Waals surface area contributed by atoms with E-state index in [0.717, 1.165) is 30.1 Å². The van der Waals surface area contributed by atoms with Gasteiger partial charge in [0.15, 0.2) is 0 Å². The molecule has 0 aliphatic rings. The number of halogens is 4. The zero-order valence-corrected chi connectivity index (χ0v) is 22.2. The number of nitrogens with one attached hydrogen (secondary N) is 1. The SMILES string of the molecule is N#Cc1ccc(C(=O)N/N=C\c2cc(I)c(OCc3ccc(I)cc3)c(I)c2)c(F)c1. The third-order valence-electron chi connectivity index (χ3n) is 4.04. The summed E-state index contributed by atoms with van der Waals surface area (Å²) >= 11 is 6.64. The standard InChI is InChI=1S/C22H13FI3N3O2/c23-18-7-14(10-27)3-6-17(18)22(30)29-28-11-15-8-19(25)21(20(26)9-15)31-12-13-1-4-16(24)5-2-13/h1-9,11H,12H2,(H,29,30)/b28-11-. The van der Waals surface area contributed by atoms with Crippen molar-refractivity contribution in [2.75, 3.05) is 0 Å². The quantitative estimate of drug-likeness (QED) is 0.195. The second kappa shape index (κ2) is 11.2. The van der Waals surface area contributed by atoms with E-state index in [1.165, 1.54) is 21.9 Å². The number of hydrogen-bond acceptors (Lipinski definition) is 4. The molecular weight excluding hydrogens is 738 g/mol. The molecule has 0 fully saturated rings. The maximum absolute atomic E-state index is 13.9. The van der Waals surface area contributed by atoms with E-state index in [1.807, 2.05) is 42.5 Å². The van der Waals surface area contributed by atoms with E-state index >= 15 is 0 Å². The Kier molecular flexibility index (Phi) is 8.61. The normalized spacial score (nSPS) is 10.7. The van der Waals surface area contributed by atoms with Crippen molar-refractivity contribution in [1.29, 1.82) is 5.26 Å².